The lowest BCUT2D eigenvalue weighted by atomic mass is 9.87. The Kier molecular flexibility index (Phi) is 6.46. The molecular weight excluding hydrogens is 414 g/mol. The summed E-state index contributed by atoms with van der Waals surface area (Å²) in [6.45, 7) is 1.91. The highest BCUT2D eigenvalue weighted by molar-refractivity contribution is 7.16. The van der Waals surface area contributed by atoms with Gasteiger partial charge in [-0.2, -0.15) is 9.78 Å². The lowest BCUT2D eigenvalue weighted by Gasteiger charge is -2.20. The molecule has 3 aromatic rings. The molecule has 2 heterocycles. The summed E-state index contributed by atoms with van der Waals surface area (Å²) in [5.74, 6) is -0.316. The van der Waals surface area contributed by atoms with Gasteiger partial charge in [-0.3, -0.25) is 9.59 Å². The number of carbonyl (C=O) groups excluding carboxylic acids is 2. The molecule has 0 bridgehead atoms. The van der Waals surface area contributed by atoms with Gasteiger partial charge in [0.15, 0.2) is 5.69 Å². The number of para-hydroxylation sites is 1. The third-order valence-corrected chi connectivity index (χ3v) is 6.47. The second kappa shape index (κ2) is 9.43. The van der Waals surface area contributed by atoms with Gasteiger partial charge in [-0.25, -0.2) is 4.79 Å². The molecule has 2 aromatic heterocycles. The Bertz CT molecular complexity index is 1150. The zero-order valence-corrected chi connectivity index (χ0v) is 18.2. The van der Waals surface area contributed by atoms with Crippen molar-refractivity contribution < 1.29 is 14.3 Å². The molecule has 1 aliphatic carbocycles. The molecule has 1 N–H and O–H groups in total. The quantitative estimate of drug-likeness (QED) is 0.570. The number of carbonyl (C=O) groups is 2. The highest BCUT2D eigenvalue weighted by Gasteiger charge is 2.24. The van der Waals surface area contributed by atoms with E-state index in [0.29, 0.717) is 28.4 Å². The van der Waals surface area contributed by atoms with Gasteiger partial charge in [0, 0.05) is 17.2 Å². The molecule has 7 nitrogen and oxygen atoms in total. The van der Waals surface area contributed by atoms with E-state index in [1.807, 2.05) is 6.07 Å². The van der Waals surface area contributed by atoms with Crippen molar-refractivity contribution in [2.24, 2.45) is 5.92 Å². The molecule has 1 aliphatic rings. The predicted octanol–water partition coefficient (Wildman–Crippen LogP) is 4.53. The first-order valence-electron chi connectivity index (χ1n) is 10.7. The van der Waals surface area contributed by atoms with Crippen LogP contribution in [0.3, 0.4) is 0 Å². The van der Waals surface area contributed by atoms with Crippen LogP contribution in [0.2, 0.25) is 0 Å². The molecule has 0 atom stereocenters. The van der Waals surface area contributed by atoms with Gasteiger partial charge >= 0.3 is 5.97 Å². The van der Waals surface area contributed by atoms with Crippen molar-refractivity contribution in [1.29, 1.82) is 0 Å². The molecule has 8 heteroatoms. The molecule has 1 amide bonds. The number of fused-ring (bicyclic) bond motifs is 1. The minimum atomic E-state index is -0.602. The van der Waals surface area contributed by atoms with E-state index in [0.717, 1.165) is 25.7 Å². The van der Waals surface area contributed by atoms with Gasteiger partial charge in [0.2, 0.25) is 5.91 Å². The van der Waals surface area contributed by atoms with Crippen LogP contribution >= 0.6 is 11.3 Å². The van der Waals surface area contributed by atoms with Crippen LogP contribution in [0, 0.1) is 5.92 Å². The number of hydrogen-bond donors (Lipinski definition) is 1. The zero-order valence-electron chi connectivity index (χ0n) is 17.4. The summed E-state index contributed by atoms with van der Waals surface area (Å²) in [6, 6.07) is 8.89. The maximum atomic E-state index is 13.3. The molecule has 1 aromatic carbocycles. The van der Waals surface area contributed by atoms with E-state index in [1.54, 1.807) is 36.6 Å². The fourth-order valence-corrected chi connectivity index (χ4v) is 5.02. The molecule has 0 spiro atoms. The standard InChI is InChI=1S/C23H25N3O4S/c1-2-30-23(29)20-17-14-31-21(24-18(27)13-15-9-5-3-6-10-15)19(17)22(28)26(25-20)16-11-7-4-8-12-16/h4,7-8,11-12,14-15H,2-3,5-6,9-10,13H2,1H3,(H,24,27). The van der Waals surface area contributed by atoms with Crippen LogP contribution in [0.1, 0.15) is 55.9 Å². The van der Waals surface area contributed by atoms with Crippen molar-refractivity contribution in [2.75, 3.05) is 11.9 Å². The molecular formula is C23H25N3O4S. The van der Waals surface area contributed by atoms with Gasteiger partial charge in [0.25, 0.3) is 5.56 Å². The van der Waals surface area contributed by atoms with Gasteiger partial charge in [0.1, 0.15) is 5.00 Å². The first kappa shape index (κ1) is 21.2. The smallest absolute Gasteiger partial charge is 0.359 e. The molecule has 4 rings (SSSR count). The maximum absolute atomic E-state index is 13.3. The van der Waals surface area contributed by atoms with Crippen LogP contribution < -0.4 is 10.9 Å². The van der Waals surface area contributed by atoms with E-state index in [-0.39, 0.29) is 29.2 Å². The highest BCUT2D eigenvalue weighted by Crippen LogP contribution is 2.32. The van der Waals surface area contributed by atoms with Gasteiger partial charge in [-0.1, -0.05) is 37.5 Å². The number of nitrogens with zero attached hydrogens (tertiary/aromatic N) is 2. The highest BCUT2D eigenvalue weighted by atomic mass is 32.1. The number of benzene rings is 1. The summed E-state index contributed by atoms with van der Waals surface area (Å²) < 4.78 is 6.35. The second-order valence-corrected chi connectivity index (χ2v) is 8.61. The van der Waals surface area contributed by atoms with Crippen molar-refractivity contribution >= 4 is 39.0 Å². The van der Waals surface area contributed by atoms with Crippen LogP contribution in [0.15, 0.2) is 40.5 Å². The average Bonchev–Trinajstić information content (AvgIpc) is 3.19. The number of hydrogen-bond acceptors (Lipinski definition) is 6. The molecule has 162 valence electrons. The molecule has 31 heavy (non-hydrogen) atoms. The predicted molar refractivity (Wildman–Crippen MR) is 121 cm³/mol. The van der Waals surface area contributed by atoms with E-state index < -0.39 is 5.97 Å². The summed E-state index contributed by atoms with van der Waals surface area (Å²) in [4.78, 5) is 38.6. The Morgan fingerprint density at radius 1 is 1.19 bits per heavy atom. The number of thiophene rings is 1. The molecule has 1 saturated carbocycles. The third-order valence-electron chi connectivity index (χ3n) is 5.57. The van der Waals surface area contributed by atoms with Crippen LogP contribution in [0.4, 0.5) is 5.00 Å². The monoisotopic (exact) mass is 439 g/mol. The first-order valence-corrected chi connectivity index (χ1v) is 11.5. The summed E-state index contributed by atoms with van der Waals surface area (Å²) >= 11 is 1.23. The van der Waals surface area contributed by atoms with E-state index in [9.17, 15) is 14.4 Å². The SMILES string of the molecule is CCOC(=O)c1nn(-c2ccccc2)c(=O)c2c(NC(=O)CC3CCCCC3)scc12. The van der Waals surface area contributed by atoms with Crippen LogP contribution in [0.5, 0.6) is 0 Å². The first-order chi connectivity index (χ1) is 15.1. The summed E-state index contributed by atoms with van der Waals surface area (Å²) in [5.41, 5.74) is 0.207. The third kappa shape index (κ3) is 4.54. The normalized spacial score (nSPS) is 14.5. The van der Waals surface area contributed by atoms with Crippen molar-refractivity contribution in [3.05, 3.63) is 51.8 Å². The number of anilines is 1. The molecule has 0 unspecified atom stereocenters. The number of aromatic nitrogens is 2. The van der Waals surface area contributed by atoms with E-state index in [1.165, 1.54) is 22.4 Å². The van der Waals surface area contributed by atoms with E-state index in [2.05, 4.69) is 10.4 Å². The van der Waals surface area contributed by atoms with Crippen LogP contribution in [0.25, 0.3) is 16.5 Å². The molecule has 1 fully saturated rings. The Labute approximate surface area is 184 Å². The Hall–Kier alpha value is -3.00. The Morgan fingerprint density at radius 2 is 1.94 bits per heavy atom. The lowest BCUT2D eigenvalue weighted by Crippen LogP contribution is -2.26. The van der Waals surface area contributed by atoms with Gasteiger partial charge < -0.3 is 10.1 Å². The number of ether oxygens (including phenoxy) is 1. The molecule has 0 radical (unpaired) electrons. The van der Waals surface area contributed by atoms with Crippen molar-refractivity contribution in [3.63, 3.8) is 0 Å². The van der Waals surface area contributed by atoms with Gasteiger partial charge in [-0.15, -0.1) is 11.3 Å². The van der Waals surface area contributed by atoms with E-state index >= 15 is 0 Å². The minimum Gasteiger partial charge on any atom is -0.461 e. The van der Waals surface area contributed by atoms with E-state index in [4.69, 9.17) is 4.74 Å². The number of rotatable bonds is 6. The fourth-order valence-electron chi connectivity index (χ4n) is 4.07. The number of esters is 1. The summed E-state index contributed by atoms with van der Waals surface area (Å²) in [6.07, 6.45) is 6.14. The summed E-state index contributed by atoms with van der Waals surface area (Å²) in [7, 11) is 0. The van der Waals surface area contributed by atoms with Crippen LogP contribution in [-0.4, -0.2) is 28.3 Å². The number of amides is 1. The van der Waals surface area contributed by atoms with Crippen LogP contribution in [-0.2, 0) is 9.53 Å². The largest absolute Gasteiger partial charge is 0.461 e. The summed E-state index contributed by atoms with van der Waals surface area (Å²) in [5, 5.41) is 10.0. The van der Waals surface area contributed by atoms with Crippen molar-refractivity contribution in [1.82, 2.24) is 9.78 Å². The minimum absolute atomic E-state index is 0.0596. The van der Waals surface area contributed by atoms with Gasteiger partial charge in [-0.05, 0) is 37.8 Å². The number of nitrogens with one attached hydrogen (secondary N) is 1. The van der Waals surface area contributed by atoms with Crippen molar-refractivity contribution in [2.45, 2.75) is 45.4 Å². The maximum Gasteiger partial charge on any atom is 0.359 e. The average molecular weight is 440 g/mol. The topological polar surface area (TPSA) is 90.3 Å². The molecule has 0 saturated heterocycles. The fraction of sp³-hybridized carbons (Fsp3) is 0.391. The Balaban J connectivity index is 1.75. The lowest BCUT2D eigenvalue weighted by molar-refractivity contribution is -0.117. The zero-order chi connectivity index (χ0) is 21.8. The molecule has 0 aliphatic heterocycles. The van der Waals surface area contributed by atoms with Crippen molar-refractivity contribution in [3.8, 4) is 5.69 Å². The van der Waals surface area contributed by atoms with Gasteiger partial charge in [0.05, 0.1) is 17.7 Å². The second-order valence-electron chi connectivity index (χ2n) is 7.73. The Morgan fingerprint density at radius 3 is 2.65 bits per heavy atom.